The number of allylic oxidation sites excluding steroid dienone is 2. The van der Waals surface area contributed by atoms with E-state index in [1.54, 1.807) is 20.9 Å². The van der Waals surface area contributed by atoms with Crippen LogP contribution >= 0.6 is 22.6 Å². The molecule has 0 heterocycles. The van der Waals surface area contributed by atoms with E-state index < -0.39 is 0 Å². The maximum absolute atomic E-state index is 7.23. The summed E-state index contributed by atoms with van der Waals surface area (Å²) in [6, 6.07) is 0. The van der Waals surface area contributed by atoms with Crippen LogP contribution in [0.1, 0.15) is 13.8 Å². The molecule has 0 aromatic carbocycles. The molecule has 0 aromatic heterocycles. The van der Waals surface area contributed by atoms with Crippen molar-refractivity contribution in [3.8, 4) is 0 Å². The van der Waals surface area contributed by atoms with Crippen molar-refractivity contribution in [2.75, 3.05) is 7.05 Å². The summed E-state index contributed by atoms with van der Waals surface area (Å²) in [6.07, 6.45) is 0. The normalized spacial score (nSPS) is 13.3. The highest BCUT2D eigenvalue weighted by Gasteiger charge is 2.09. The van der Waals surface area contributed by atoms with Gasteiger partial charge in [-0.1, -0.05) is 0 Å². The molecule has 0 atom stereocenters. The van der Waals surface area contributed by atoms with Gasteiger partial charge in [0.15, 0.2) is 3.84 Å². The zero-order valence-corrected chi connectivity index (χ0v) is 10.7. The minimum Gasteiger partial charge on any atom is -0.400 e. The van der Waals surface area contributed by atoms with E-state index in [4.69, 9.17) is 11.1 Å². The van der Waals surface area contributed by atoms with Gasteiger partial charge < -0.3 is 5.73 Å². The van der Waals surface area contributed by atoms with Crippen LogP contribution in [-0.4, -0.2) is 28.3 Å². The molecular weight excluding hydrogens is 293 g/mol. The Bertz CT molecular complexity index is 301. The van der Waals surface area contributed by atoms with Crippen molar-refractivity contribution >= 4 is 38.9 Å². The number of rotatable bonds is 3. The highest BCUT2D eigenvalue weighted by Crippen LogP contribution is 2.08. The lowest BCUT2D eigenvalue weighted by atomic mass is 10.2. The predicted molar refractivity (Wildman–Crippen MR) is 69.1 cm³/mol. The van der Waals surface area contributed by atoms with E-state index in [1.165, 1.54) is 5.01 Å². The number of amidine groups is 1. The molecule has 78 valence electrons. The van der Waals surface area contributed by atoms with Gasteiger partial charge in [-0.2, -0.15) is 5.10 Å². The number of nitrogens with zero attached hydrogens (tertiary/aromatic N) is 3. The Morgan fingerprint density at radius 2 is 2.00 bits per heavy atom. The molecular formula is C8H14IN5. The third-order valence-electron chi connectivity index (χ3n) is 1.52. The zero-order valence-electron chi connectivity index (χ0n) is 8.50. The molecule has 3 N–H and O–H groups in total. The Balaban J connectivity index is 5.16. The maximum atomic E-state index is 7.23. The molecule has 0 spiro atoms. The number of aliphatic imine (C=N–C) groups is 1. The molecule has 0 fully saturated rings. The Labute approximate surface area is 97.4 Å². The van der Waals surface area contributed by atoms with E-state index in [9.17, 15) is 0 Å². The topological polar surface area (TPSA) is 77.8 Å². The van der Waals surface area contributed by atoms with Crippen molar-refractivity contribution in [3.63, 3.8) is 0 Å². The Morgan fingerprint density at radius 1 is 1.50 bits per heavy atom. The summed E-state index contributed by atoms with van der Waals surface area (Å²) >= 11 is 1.82. The molecule has 0 saturated heterocycles. The molecule has 0 saturated carbocycles. The van der Waals surface area contributed by atoms with E-state index in [2.05, 4.69) is 16.8 Å². The Morgan fingerprint density at radius 3 is 2.29 bits per heavy atom. The van der Waals surface area contributed by atoms with Crippen LogP contribution in [0.5, 0.6) is 0 Å². The van der Waals surface area contributed by atoms with Crippen LogP contribution in [0.25, 0.3) is 0 Å². The first kappa shape index (κ1) is 13.1. The summed E-state index contributed by atoms with van der Waals surface area (Å²) in [5.41, 5.74) is 7.62. The Kier molecular flexibility index (Phi) is 5.36. The van der Waals surface area contributed by atoms with Crippen LogP contribution in [0.3, 0.4) is 0 Å². The standard InChI is InChI=1S/C8H14IN5/c1-5(10)7(14(4)12-3)6(2)13-8(9)11/h11H,3,10H2,1-2,4H3/b7-5-,11-8?,13-6+. The highest BCUT2D eigenvalue weighted by molar-refractivity contribution is 14.1. The van der Waals surface area contributed by atoms with Crippen LogP contribution in [0.15, 0.2) is 21.5 Å². The lowest BCUT2D eigenvalue weighted by Gasteiger charge is -2.17. The molecule has 0 rings (SSSR count). The average molecular weight is 307 g/mol. The minimum atomic E-state index is 0.205. The van der Waals surface area contributed by atoms with Crippen molar-refractivity contribution in [1.82, 2.24) is 5.01 Å². The second-order valence-electron chi connectivity index (χ2n) is 2.68. The first-order chi connectivity index (χ1) is 6.40. The number of hydrogen-bond acceptors (Lipinski definition) is 4. The van der Waals surface area contributed by atoms with Crippen LogP contribution in [0.2, 0.25) is 0 Å². The van der Waals surface area contributed by atoms with Gasteiger partial charge in [-0.25, -0.2) is 4.99 Å². The molecule has 0 aliphatic carbocycles. The Hall–Kier alpha value is -0.920. The second kappa shape index (κ2) is 5.74. The van der Waals surface area contributed by atoms with E-state index in [0.717, 1.165) is 0 Å². The quantitative estimate of drug-likeness (QED) is 0.273. The minimum absolute atomic E-state index is 0.205. The number of hydrazone groups is 1. The van der Waals surface area contributed by atoms with Gasteiger partial charge in [-0.3, -0.25) is 10.4 Å². The third kappa shape index (κ3) is 3.86. The van der Waals surface area contributed by atoms with Crippen molar-refractivity contribution in [3.05, 3.63) is 11.4 Å². The molecule has 0 aliphatic rings. The molecule has 14 heavy (non-hydrogen) atoms. The van der Waals surface area contributed by atoms with Crippen LogP contribution in [0.4, 0.5) is 0 Å². The summed E-state index contributed by atoms with van der Waals surface area (Å²) in [6.45, 7) is 6.94. The van der Waals surface area contributed by atoms with Crippen LogP contribution in [0, 0.1) is 5.41 Å². The molecule has 0 aromatic rings. The number of halogens is 1. The van der Waals surface area contributed by atoms with E-state index >= 15 is 0 Å². The largest absolute Gasteiger partial charge is 0.400 e. The molecule has 0 unspecified atom stereocenters. The van der Waals surface area contributed by atoms with Crippen molar-refractivity contribution in [1.29, 1.82) is 5.41 Å². The second-order valence-corrected chi connectivity index (χ2v) is 3.71. The summed E-state index contributed by atoms with van der Waals surface area (Å²) < 4.78 is 0.205. The fourth-order valence-corrected chi connectivity index (χ4v) is 1.41. The average Bonchev–Trinajstić information content (AvgIpc) is 2.01. The van der Waals surface area contributed by atoms with Crippen molar-refractivity contribution in [2.45, 2.75) is 13.8 Å². The third-order valence-corrected chi connectivity index (χ3v) is 1.76. The first-order valence-electron chi connectivity index (χ1n) is 3.86. The van der Waals surface area contributed by atoms with Crippen molar-refractivity contribution < 1.29 is 0 Å². The fourth-order valence-electron chi connectivity index (χ4n) is 1.05. The van der Waals surface area contributed by atoms with Gasteiger partial charge in [0.25, 0.3) is 0 Å². The zero-order chi connectivity index (χ0) is 11.3. The molecule has 0 aliphatic heterocycles. The van der Waals surface area contributed by atoms with E-state index in [-0.39, 0.29) is 3.84 Å². The summed E-state index contributed by atoms with van der Waals surface area (Å²) in [5, 5.41) is 12.5. The lowest BCUT2D eigenvalue weighted by Crippen LogP contribution is -2.21. The maximum Gasteiger partial charge on any atom is 0.183 e. The van der Waals surface area contributed by atoms with Gasteiger partial charge in [-0.05, 0) is 13.8 Å². The SMILES string of the molecule is C=NN(C)C(=C(/C)N)/C(C)=N/C(=N)I. The smallest absolute Gasteiger partial charge is 0.183 e. The summed E-state index contributed by atoms with van der Waals surface area (Å²) in [5.74, 6) is 0. The van der Waals surface area contributed by atoms with E-state index in [1.807, 2.05) is 22.6 Å². The van der Waals surface area contributed by atoms with Gasteiger partial charge in [0.05, 0.1) is 11.4 Å². The van der Waals surface area contributed by atoms with Gasteiger partial charge in [-0.15, -0.1) is 0 Å². The molecule has 6 heteroatoms. The molecule has 0 amide bonds. The number of nitrogens with one attached hydrogen (secondary N) is 1. The predicted octanol–water partition coefficient (Wildman–Crippen LogP) is 1.55. The fraction of sp³-hybridized carbons (Fsp3) is 0.375. The van der Waals surface area contributed by atoms with Crippen LogP contribution < -0.4 is 5.73 Å². The highest BCUT2D eigenvalue weighted by atomic mass is 127. The summed E-state index contributed by atoms with van der Waals surface area (Å²) in [4.78, 5) is 3.99. The van der Waals surface area contributed by atoms with Gasteiger partial charge >= 0.3 is 0 Å². The van der Waals surface area contributed by atoms with E-state index in [0.29, 0.717) is 17.1 Å². The number of nitrogens with two attached hydrogens (primary N) is 1. The first-order valence-corrected chi connectivity index (χ1v) is 4.94. The van der Waals surface area contributed by atoms with Gasteiger partial charge in [0.1, 0.15) is 0 Å². The number of hydrogen-bond donors (Lipinski definition) is 2. The molecule has 5 nitrogen and oxygen atoms in total. The summed E-state index contributed by atoms with van der Waals surface area (Å²) in [7, 11) is 1.73. The van der Waals surface area contributed by atoms with Crippen molar-refractivity contribution in [2.24, 2.45) is 15.8 Å². The van der Waals surface area contributed by atoms with Gasteiger partial charge in [0, 0.05) is 42.1 Å². The van der Waals surface area contributed by atoms with Gasteiger partial charge in [0.2, 0.25) is 0 Å². The molecule has 0 radical (unpaired) electrons. The monoisotopic (exact) mass is 307 g/mol. The molecule has 0 bridgehead atoms. The lowest BCUT2D eigenvalue weighted by molar-refractivity contribution is 0.467. The van der Waals surface area contributed by atoms with Crippen LogP contribution in [-0.2, 0) is 0 Å².